The Kier molecular flexibility index (Phi) is 5.21. The van der Waals surface area contributed by atoms with E-state index in [2.05, 4.69) is 10.6 Å². The van der Waals surface area contributed by atoms with E-state index in [9.17, 15) is 4.79 Å². The highest BCUT2D eigenvalue weighted by molar-refractivity contribution is 5.73. The zero-order chi connectivity index (χ0) is 15.1. The molecule has 2 aromatic rings. The molecule has 0 bridgehead atoms. The van der Waals surface area contributed by atoms with Crippen molar-refractivity contribution in [2.24, 2.45) is 0 Å². The molecule has 0 fully saturated rings. The first-order valence-electron chi connectivity index (χ1n) is 6.91. The number of amides is 2. The molecule has 0 radical (unpaired) electrons. The van der Waals surface area contributed by atoms with Gasteiger partial charge in [-0.15, -0.1) is 0 Å². The lowest BCUT2D eigenvalue weighted by Gasteiger charge is -2.11. The molecule has 21 heavy (non-hydrogen) atoms. The molecule has 0 saturated heterocycles. The van der Waals surface area contributed by atoms with Gasteiger partial charge in [0.15, 0.2) is 6.73 Å². The largest absolute Gasteiger partial charge is 0.473 e. The zero-order valence-electron chi connectivity index (χ0n) is 12.3. The molecular weight excluding hydrogens is 264 g/mol. The normalized spacial score (nSPS) is 10.0. The lowest BCUT2D eigenvalue weighted by molar-refractivity contribution is 0.223. The molecule has 2 aromatic carbocycles. The molecule has 2 amide bonds. The fraction of sp³-hybridized carbons (Fsp3) is 0.235. The second-order valence-corrected chi connectivity index (χ2v) is 4.90. The third-order valence-corrected chi connectivity index (χ3v) is 3.09. The van der Waals surface area contributed by atoms with E-state index in [1.165, 1.54) is 5.56 Å². The molecule has 0 spiro atoms. The van der Waals surface area contributed by atoms with Gasteiger partial charge in [0.25, 0.3) is 0 Å². The van der Waals surface area contributed by atoms with Crippen molar-refractivity contribution in [3.63, 3.8) is 0 Å². The second-order valence-electron chi connectivity index (χ2n) is 4.90. The van der Waals surface area contributed by atoms with Gasteiger partial charge >= 0.3 is 6.03 Å². The van der Waals surface area contributed by atoms with Crippen LogP contribution in [-0.2, 0) is 6.54 Å². The molecule has 0 aliphatic heterocycles. The van der Waals surface area contributed by atoms with Crippen molar-refractivity contribution in [2.75, 3.05) is 6.73 Å². The molecular formula is C17H20N2O2. The van der Waals surface area contributed by atoms with Crippen molar-refractivity contribution in [3.8, 4) is 5.75 Å². The summed E-state index contributed by atoms with van der Waals surface area (Å²) in [4.78, 5) is 11.6. The lowest BCUT2D eigenvalue weighted by atomic mass is 10.1. The number of aryl methyl sites for hydroxylation is 2. The molecule has 0 saturated carbocycles. The third-order valence-electron chi connectivity index (χ3n) is 3.09. The lowest BCUT2D eigenvalue weighted by Crippen LogP contribution is -2.37. The van der Waals surface area contributed by atoms with Crippen molar-refractivity contribution in [3.05, 3.63) is 65.2 Å². The average Bonchev–Trinajstić information content (AvgIpc) is 2.48. The van der Waals surface area contributed by atoms with E-state index < -0.39 is 0 Å². The van der Waals surface area contributed by atoms with Crippen LogP contribution in [0.2, 0.25) is 0 Å². The summed E-state index contributed by atoms with van der Waals surface area (Å²) in [5.74, 6) is 0.781. The van der Waals surface area contributed by atoms with E-state index >= 15 is 0 Å². The first-order valence-corrected chi connectivity index (χ1v) is 6.91. The Hall–Kier alpha value is -2.49. The molecule has 0 aliphatic rings. The van der Waals surface area contributed by atoms with Gasteiger partial charge in [0, 0.05) is 6.54 Å². The number of carbonyl (C=O) groups is 1. The SMILES string of the molecule is Cc1ccc(OCNC(=O)NCc2ccccc2)c(C)c1. The van der Waals surface area contributed by atoms with Crippen molar-refractivity contribution < 1.29 is 9.53 Å². The van der Waals surface area contributed by atoms with Crippen LogP contribution < -0.4 is 15.4 Å². The molecule has 4 heteroatoms. The first-order chi connectivity index (χ1) is 10.1. The predicted molar refractivity (Wildman–Crippen MR) is 83.2 cm³/mol. The van der Waals surface area contributed by atoms with Gasteiger partial charge in [0.1, 0.15) is 5.75 Å². The van der Waals surface area contributed by atoms with Gasteiger partial charge in [0.2, 0.25) is 0 Å². The van der Waals surface area contributed by atoms with Crippen LogP contribution in [0.15, 0.2) is 48.5 Å². The molecule has 0 aromatic heterocycles. The van der Waals surface area contributed by atoms with Crippen LogP contribution in [0.25, 0.3) is 0 Å². The maximum Gasteiger partial charge on any atom is 0.317 e. The summed E-state index contributed by atoms with van der Waals surface area (Å²) in [5.41, 5.74) is 3.30. The molecule has 110 valence electrons. The van der Waals surface area contributed by atoms with Crippen LogP contribution in [0.3, 0.4) is 0 Å². The number of carbonyl (C=O) groups excluding carboxylic acids is 1. The number of hydrogen-bond donors (Lipinski definition) is 2. The smallest absolute Gasteiger partial charge is 0.317 e. The van der Waals surface area contributed by atoms with Gasteiger partial charge in [-0.05, 0) is 31.0 Å². The van der Waals surface area contributed by atoms with Crippen LogP contribution in [0.1, 0.15) is 16.7 Å². The molecule has 0 unspecified atom stereocenters. The average molecular weight is 284 g/mol. The van der Waals surface area contributed by atoms with Crippen LogP contribution in [0.5, 0.6) is 5.75 Å². The Morgan fingerprint density at radius 3 is 2.52 bits per heavy atom. The molecule has 0 aliphatic carbocycles. The number of hydrogen-bond acceptors (Lipinski definition) is 2. The van der Waals surface area contributed by atoms with E-state index in [1.807, 2.05) is 62.4 Å². The third kappa shape index (κ3) is 4.84. The number of rotatable bonds is 5. The molecule has 0 atom stereocenters. The van der Waals surface area contributed by atoms with E-state index in [1.54, 1.807) is 0 Å². The standard InChI is InChI=1S/C17H20N2O2/c1-13-8-9-16(14(2)10-13)21-12-19-17(20)18-11-15-6-4-3-5-7-15/h3-10H,11-12H2,1-2H3,(H2,18,19,20). The fourth-order valence-electron chi connectivity index (χ4n) is 1.98. The highest BCUT2D eigenvalue weighted by Gasteiger charge is 2.02. The first kappa shape index (κ1) is 14.9. The van der Waals surface area contributed by atoms with E-state index in [0.29, 0.717) is 6.54 Å². The van der Waals surface area contributed by atoms with Crippen LogP contribution >= 0.6 is 0 Å². The van der Waals surface area contributed by atoms with Crippen molar-refractivity contribution in [2.45, 2.75) is 20.4 Å². The Balaban J connectivity index is 1.72. The summed E-state index contributed by atoms with van der Waals surface area (Å²) in [7, 11) is 0. The molecule has 0 heterocycles. The van der Waals surface area contributed by atoms with Crippen LogP contribution in [-0.4, -0.2) is 12.8 Å². The van der Waals surface area contributed by atoms with Crippen LogP contribution in [0.4, 0.5) is 4.79 Å². The fourth-order valence-corrected chi connectivity index (χ4v) is 1.98. The van der Waals surface area contributed by atoms with Gasteiger partial charge < -0.3 is 15.4 Å². The Labute approximate surface area is 125 Å². The topological polar surface area (TPSA) is 50.4 Å². The number of benzene rings is 2. The molecule has 4 nitrogen and oxygen atoms in total. The predicted octanol–water partition coefficient (Wildman–Crippen LogP) is 3.14. The number of ether oxygens (including phenoxy) is 1. The van der Waals surface area contributed by atoms with Gasteiger partial charge in [-0.25, -0.2) is 4.79 Å². The highest BCUT2D eigenvalue weighted by Crippen LogP contribution is 2.18. The Bertz CT molecular complexity index is 597. The van der Waals surface area contributed by atoms with Gasteiger partial charge in [-0.2, -0.15) is 0 Å². The maximum atomic E-state index is 11.6. The van der Waals surface area contributed by atoms with E-state index in [4.69, 9.17) is 4.74 Å². The summed E-state index contributed by atoms with van der Waals surface area (Å²) >= 11 is 0. The van der Waals surface area contributed by atoms with Crippen LogP contribution in [0, 0.1) is 13.8 Å². The quantitative estimate of drug-likeness (QED) is 0.829. The number of urea groups is 1. The van der Waals surface area contributed by atoms with E-state index in [0.717, 1.165) is 16.9 Å². The van der Waals surface area contributed by atoms with E-state index in [-0.39, 0.29) is 12.8 Å². The summed E-state index contributed by atoms with van der Waals surface area (Å²) in [6.07, 6.45) is 0. The Morgan fingerprint density at radius 2 is 1.81 bits per heavy atom. The minimum Gasteiger partial charge on any atom is -0.473 e. The summed E-state index contributed by atoms with van der Waals surface area (Å²) in [6, 6.07) is 15.5. The zero-order valence-corrected chi connectivity index (χ0v) is 12.3. The van der Waals surface area contributed by atoms with Crippen molar-refractivity contribution >= 4 is 6.03 Å². The Morgan fingerprint density at radius 1 is 1.05 bits per heavy atom. The summed E-state index contributed by atoms with van der Waals surface area (Å²) in [6.45, 7) is 4.66. The molecule has 2 rings (SSSR count). The summed E-state index contributed by atoms with van der Waals surface area (Å²) < 4.78 is 5.54. The maximum absolute atomic E-state index is 11.6. The van der Waals surface area contributed by atoms with Gasteiger partial charge in [-0.1, -0.05) is 48.0 Å². The molecule has 2 N–H and O–H groups in total. The van der Waals surface area contributed by atoms with Gasteiger partial charge in [-0.3, -0.25) is 0 Å². The number of nitrogens with one attached hydrogen (secondary N) is 2. The minimum absolute atomic E-state index is 0.143. The second kappa shape index (κ2) is 7.33. The van der Waals surface area contributed by atoms with Crippen molar-refractivity contribution in [1.29, 1.82) is 0 Å². The van der Waals surface area contributed by atoms with Crippen molar-refractivity contribution in [1.82, 2.24) is 10.6 Å². The summed E-state index contributed by atoms with van der Waals surface area (Å²) in [5, 5.41) is 5.45. The monoisotopic (exact) mass is 284 g/mol. The van der Waals surface area contributed by atoms with Gasteiger partial charge in [0.05, 0.1) is 0 Å². The highest BCUT2D eigenvalue weighted by atomic mass is 16.5. The minimum atomic E-state index is -0.247.